The zero-order chi connectivity index (χ0) is 18.5. The molecule has 0 saturated carbocycles. The van der Waals surface area contributed by atoms with Crippen molar-refractivity contribution in [2.24, 2.45) is 5.92 Å². The maximum Gasteiger partial charge on any atom is 0.311 e. The Morgan fingerprint density at radius 2 is 1.81 bits per heavy atom. The number of carbonyl (C=O) groups is 2. The predicted molar refractivity (Wildman–Crippen MR) is 94.5 cm³/mol. The van der Waals surface area contributed by atoms with Gasteiger partial charge in [-0.15, -0.1) is 0 Å². The van der Waals surface area contributed by atoms with Crippen LogP contribution in [0.2, 0.25) is 0 Å². The number of ether oxygens (including phenoxy) is 2. The molecule has 6 heteroatoms. The van der Waals surface area contributed by atoms with E-state index in [0.717, 1.165) is 11.3 Å². The van der Waals surface area contributed by atoms with E-state index in [1.807, 2.05) is 31.2 Å². The van der Waals surface area contributed by atoms with Gasteiger partial charge in [0.05, 0.1) is 5.92 Å². The summed E-state index contributed by atoms with van der Waals surface area (Å²) in [7, 11) is 0. The minimum Gasteiger partial charge on any atom is -0.490 e. The van der Waals surface area contributed by atoms with E-state index in [2.05, 4.69) is 0 Å². The zero-order valence-corrected chi connectivity index (χ0v) is 14.5. The first-order valence-corrected chi connectivity index (χ1v) is 8.45. The maximum absolute atomic E-state index is 12.8. The molecule has 26 heavy (non-hydrogen) atoms. The SMILES string of the molecule is Cc1ccc(N2C[C@H](C(=O)OCCOc3ccc(F)cc3)CC2=O)cc1. The van der Waals surface area contributed by atoms with Gasteiger partial charge in [0.1, 0.15) is 24.8 Å². The summed E-state index contributed by atoms with van der Waals surface area (Å²) in [5.74, 6) is -0.805. The molecule has 3 rings (SSSR count). The highest BCUT2D eigenvalue weighted by Gasteiger charge is 2.36. The molecular weight excluding hydrogens is 337 g/mol. The lowest BCUT2D eigenvalue weighted by Crippen LogP contribution is -2.26. The summed E-state index contributed by atoms with van der Waals surface area (Å²) < 4.78 is 23.4. The largest absolute Gasteiger partial charge is 0.490 e. The van der Waals surface area contributed by atoms with E-state index < -0.39 is 11.9 Å². The molecule has 1 aliphatic rings. The molecule has 136 valence electrons. The second kappa shape index (κ2) is 7.99. The minimum atomic E-state index is -0.477. The summed E-state index contributed by atoms with van der Waals surface area (Å²) in [6.45, 7) is 2.54. The van der Waals surface area contributed by atoms with E-state index in [1.165, 1.54) is 24.3 Å². The number of amides is 1. The Morgan fingerprint density at radius 1 is 1.12 bits per heavy atom. The lowest BCUT2D eigenvalue weighted by atomic mass is 10.1. The summed E-state index contributed by atoms with van der Waals surface area (Å²) in [5, 5.41) is 0. The van der Waals surface area contributed by atoms with E-state index in [4.69, 9.17) is 9.47 Å². The number of hydrogen-bond acceptors (Lipinski definition) is 4. The Labute approximate surface area is 151 Å². The smallest absolute Gasteiger partial charge is 0.311 e. The van der Waals surface area contributed by atoms with Gasteiger partial charge < -0.3 is 14.4 Å². The maximum atomic E-state index is 12.8. The van der Waals surface area contributed by atoms with Gasteiger partial charge in [0.2, 0.25) is 5.91 Å². The van der Waals surface area contributed by atoms with E-state index >= 15 is 0 Å². The molecule has 1 saturated heterocycles. The van der Waals surface area contributed by atoms with Gasteiger partial charge in [-0.1, -0.05) is 17.7 Å². The average Bonchev–Trinajstić information content (AvgIpc) is 3.02. The van der Waals surface area contributed by atoms with Crippen LogP contribution in [0.3, 0.4) is 0 Å². The Balaban J connectivity index is 1.45. The molecule has 2 aromatic rings. The number of rotatable bonds is 6. The standard InChI is InChI=1S/C20H20FNO4/c1-14-2-6-17(7-3-14)22-13-15(12-19(22)23)20(24)26-11-10-25-18-8-4-16(21)5-9-18/h2-9,15H,10-13H2,1H3/t15-/m1/s1. The van der Waals surface area contributed by atoms with Crippen molar-refractivity contribution in [2.45, 2.75) is 13.3 Å². The number of nitrogens with zero attached hydrogens (tertiary/aromatic N) is 1. The van der Waals surface area contributed by atoms with Crippen molar-refractivity contribution in [2.75, 3.05) is 24.7 Å². The van der Waals surface area contributed by atoms with Crippen LogP contribution < -0.4 is 9.64 Å². The minimum absolute atomic E-state index is 0.0748. The molecule has 0 aliphatic carbocycles. The monoisotopic (exact) mass is 357 g/mol. The molecule has 2 aromatic carbocycles. The molecule has 0 bridgehead atoms. The van der Waals surface area contributed by atoms with Crippen LogP contribution in [0.5, 0.6) is 5.75 Å². The van der Waals surface area contributed by atoms with Gasteiger partial charge in [0, 0.05) is 18.7 Å². The van der Waals surface area contributed by atoms with Gasteiger partial charge in [-0.2, -0.15) is 0 Å². The Hall–Kier alpha value is -2.89. The second-order valence-corrected chi connectivity index (χ2v) is 6.21. The fourth-order valence-electron chi connectivity index (χ4n) is 2.79. The highest BCUT2D eigenvalue weighted by Crippen LogP contribution is 2.26. The summed E-state index contributed by atoms with van der Waals surface area (Å²) in [6, 6.07) is 13.2. The fraction of sp³-hybridized carbons (Fsp3) is 0.300. The number of benzene rings is 2. The third-order valence-corrected chi connectivity index (χ3v) is 4.21. The molecule has 1 atom stereocenters. The van der Waals surface area contributed by atoms with Crippen LogP contribution in [0.4, 0.5) is 10.1 Å². The number of halogens is 1. The van der Waals surface area contributed by atoms with Gasteiger partial charge in [-0.25, -0.2) is 4.39 Å². The molecule has 5 nitrogen and oxygen atoms in total. The van der Waals surface area contributed by atoms with Gasteiger partial charge in [-0.3, -0.25) is 9.59 Å². The summed E-state index contributed by atoms with van der Waals surface area (Å²) in [4.78, 5) is 26.0. The number of esters is 1. The first-order chi connectivity index (χ1) is 12.5. The Morgan fingerprint density at radius 3 is 2.50 bits per heavy atom. The van der Waals surface area contributed by atoms with E-state index in [-0.39, 0.29) is 31.4 Å². The Kier molecular flexibility index (Phi) is 5.51. The second-order valence-electron chi connectivity index (χ2n) is 6.21. The van der Waals surface area contributed by atoms with Gasteiger partial charge in [0.25, 0.3) is 0 Å². The molecule has 0 radical (unpaired) electrons. The molecule has 1 fully saturated rings. The quantitative estimate of drug-likeness (QED) is 0.589. The molecule has 1 aliphatic heterocycles. The van der Waals surface area contributed by atoms with Crippen molar-refractivity contribution in [3.63, 3.8) is 0 Å². The highest BCUT2D eigenvalue weighted by molar-refractivity contribution is 5.99. The van der Waals surface area contributed by atoms with Crippen LogP contribution in [0, 0.1) is 18.7 Å². The third kappa shape index (κ3) is 4.39. The molecule has 0 aromatic heterocycles. The highest BCUT2D eigenvalue weighted by atomic mass is 19.1. The summed E-state index contributed by atoms with van der Waals surface area (Å²) in [6.07, 6.45) is 0.144. The van der Waals surface area contributed by atoms with Crippen molar-refractivity contribution >= 4 is 17.6 Å². The van der Waals surface area contributed by atoms with E-state index in [1.54, 1.807) is 4.90 Å². The molecule has 1 heterocycles. The van der Waals surface area contributed by atoms with Crippen molar-refractivity contribution in [3.05, 3.63) is 59.9 Å². The number of aryl methyl sites for hydroxylation is 1. The van der Waals surface area contributed by atoms with Gasteiger partial charge >= 0.3 is 5.97 Å². The van der Waals surface area contributed by atoms with Crippen LogP contribution in [-0.4, -0.2) is 31.6 Å². The first kappa shape index (κ1) is 17.9. The molecule has 1 amide bonds. The first-order valence-electron chi connectivity index (χ1n) is 8.45. The number of carbonyl (C=O) groups excluding carboxylic acids is 2. The predicted octanol–water partition coefficient (Wildman–Crippen LogP) is 3.11. The Bertz CT molecular complexity index is 773. The van der Waals surface area contributed by atoms with E-state index in [0.29, 0.717) is 12.3 Å². The van der Waals surface area contributed by atoms with Crippen molar-refractivity contribution in [1.29, 1.82) is 0 Å². The van der Waals surface area contributed by atoms with Gasteiger partial charge in [0.15, 0.2) is 0 Å². The van der Waals surface area contributed by atoms with Crippen LogP contribution in [0.15, 0.2) is 48.5 Å². The zero-order valence-electron chi connectivity index (χ0n) is 14.5. The number of anilines is 1. The van der Waals surface area contributed by atoms with Crippen molar-refractivity contribution in [3.8, 4) is 5.75 Å². The molecule has 0 spiro atoms. The lowest BCUT2D eigenvalue weighted by Gasteiger charge is -2.16. The van der Waals surface area contributed by atoms with Crippen molar-refractivity contribution in [1.82, 2.24) is 0 Å². The topological polar surface area (TPSA) is 55.8 Å². The molecular formula is C20H20FNO4. The van der Waals surface area contributed by atoms with Gasteiger partial charge in [-0.05, 0) is 43.3 Å². The van der Waals surface area contributed by atoms with Crippen molar-refractivity contribution < 1.29 is 23.5 Å². The number of hydrogen-bond donors (Lipinski definition) is 0. The van der Waals surface area contributed by atoms with E-state index in [9.17, 15) is 14.0 Å². The lowest BCUT2D eigenvalue weighted by molar-refractivity contribution is -0.149. The van der Waals surface area contributed by atoms with Crippen LogP contribution in [-0.2, 0) is 14.3 Å². The van der Waals surface area contributed by atoms with Crippen LogP contribution in [0.25, 0.3) is 0 Å². The van der Waals surface area contributed by atoms with Crippen LogP contribution >= 0.6 is 0 Å². The molecule has 0 unspecified atom stereocenters. The fourth-order valence-corrected chi connectivity index (χ4v) is 2.79. The molecule has 0 N–H and O–H groups in total. The average molecular weight is 357 g/mol. The van der Waals surface area contributed by atoms with Crippen LogP contribution in [0.1, 0.15) is 12.0 Å². The normalized spacial score (nSPS) is 16.6. The summed E-state index contributed by atoms with van der Waals surface area (Å²) >= 11 is 0. The summed E-state index contributed by atoms with van der Waals surface area (Å²) in [5.41, 5.74) is 1.90. The third-order valence-electron chi connectivity index (χ3n) is 4.21.